The molecule has 21 heavy (non-hydrogen) atoms. The van der Waals surface area contributed by atoms with Gasteiger partial charge in [0.15, 0.2) is 6.10 Å². The maximum absolute atomic E-state index is 12.4. The van der Waals surface area contributed by atoms with E-state index in [-0.39, 0.29) is 12.5 Å². The van der Waals surface area contributed by atoms with Crippen LogP contribution in [0.2, 0.25) is 0 Å². The van der Waals surface area contributed by atoms with E-state index in [4.69, 9.17) is 9.47 Å². The summed E-state index contributed by atoms with van der Waals surface area (Å²) in [6.07, 6.45) is -0.253. The highest BCUT2D eigenvalue weighted by Crippen LogP contribution is 2.36. The fourth-order valence-corrected chi connectivity index (χ4v) is 2.42. The number of nitrogens with zero attached hydrogens (tertiary/aromatic N) is 1. The van der Waals surface area contributed by atoms with Gasteiger partial charge in [0, 0.05) is 0 Å². The maximum atomic E-state index is 12.4. The molecule has 2 rings (SSSR count). The molecular weight excluding hydrogens is 274 g/mol. The van der Waals surface area contributed by atoms with Gasteiger partial charge in [-0.3, -0.25) is 9.69 Å². The Bertz CT molecular complexity index is 557. The molecule has 6 nitrogen and oxygen atoms in total. The average Bonchev–Trinajstić information content (AvgIpc) is 2.50. The van der Waals surface area contributed by atoms with Crippen molar-refractivity contribution in [1.82, 2.24) is 0 Å². The molecule has 1 aliphatic rings. The first-order valence-electron chi connectivity index (χ1n) is 6.84. The van der Waals surface area contributed by atoms with Crippen LogP contribution >= 0.6 is 0 Å². The molecule has 0 aliphatic carbocycles. The number of benzene rings is 1. The summed E-state index contributed by atoms with van der Waals surface area (Å²) in [5, 5.41) is 9.19. The fraction of sp³-hybridized carbons (Fsp3) is 0.467. The van der Waals surface area contributed by atoms with Crippen molar-refractivity contribution in [2.75, 3.05) is 12.0 Å². The summed E-state index contributed by atoms with van der Waals surface area (Å²) in [5.41, 5.74) is 1.20. The molecule has 0 spiro atoms. The van der Waals surface area contributed by atoms with Gasteiger partial charge in [-0.15, -0.1) is 0 Å². The molecule has 0 fully saturated rings. The highest BCUT2D eigenvalue weighted by Gasteiger charge is 2.39. The summed E-state index contributed by atoms with van der Waals surface area (Å²) in [5.74, 6) is -0.260. The minimum atomic E-state index is -0.690. The van der Waals surface area contributed by atoms with Crippen LogP contribution in [0.5, 0.6) is 5.75 Å². The van der Waals surface area contributed by atoms with E-state index in [1.165, 1.54) is 12.0 Å². The van der Waals surface area contributed by atoms with Crippen molar-refractivity contribution in [2.45, 2.75) is 39.0 Å². The minimum absolute atomic E-state index is 0.118. The molecule has 114 valence electrons. The van der Waals surface area contributed by atoms with Crippen molar-refractivity contribution in [3.8, 4) is 5.75 Å². The van der Waals surface area contributed by atoms with Crippen LogP contribution in [-0.4, -0.2) is 36.2 Å². The second-order valence-corrected chi connectivity index (χ2v) is 4.88. The Morgan fingerprint density at radius 3 is 2.81 bits per heavy atom. The largest absolute Gasteiger partial charge is 0.479 e. The van der Waals surface area contributed by atoms with E-state index < -0.39 is 18.1 Å². The van der Waals surface area contributed by atoms with Gasteiger partial charge in [-0.05, 0) is 31.0 Å². The molecule has 1 aromatic carbocycles. The van der Waals surface area contributed by atoms with E-state index in [1.54, 1.807) is 25.1 Å². The summed E-state index contributed by atoms with van der Waals surface area (Å²) in [7, 11) is 1.30. The highest BCUT2D eigenvalue weighted by atomic mass is 16.5. The summed E-state index contributed by atoms with van der Waals surface area (Å²) < 4.78 is 10.4. The number of esters is 1. The summed E-state index contributed by atoms with van der Waals surface area (Å²) in [4.78, 5) is 25.8. The molecule has 0 bridgehead atoms. The highest BCUT2D eigenvalue weighted by molar-refractivity contribution is 6.04. The number of methoxy groups -OCH3 is 1. The number of aliphatic hydroxyl groups excluding tert-OH is 1. The van der Waals surface area contributed by atoms with Crippen LogP contribution < -0.4 is 9.64 Å². The van der Waals surface area contributed by atoms with Crippen LogP contribution in [0.3, 0.4) is 0 Å². The third-order valence-electron chi connectivity index (χ3n) is 3.53. The Hall–Kier alpha value is -2.08. The Kier molecular flexibility index (Phi) is 4.47. The van der Waals surface area contributed by atoms with Crippen LogP contribution in [0.15, 0.2) is 18.2 Å². The van der Waals surface area contributed by atoms with Gasteiger partial charge in [0.1, 0.15) is 11.8 Å². The van der Waals surface area contributed by atoms with E-state index in [2.05, 4.69) is 0 Å². The lowest BCUT2D eigenvalue weighted by atomic mass is 10.1. The number of rotatable bonds is 4. The zero-order valence-electron chi connectivity index (χ0n) is 12.3. The first kappa shape index (κ1) is 15.3. The Morgan fingerprint density at radius 2 is 2.24 bits per heavy atom. The van der Waals surface area contributed by atoms with E-state index in [1.807, 2.05) is 6.92 Å². The molecular formula is C15H19NO5. The topological polar surface area (TPSA) is 76.1 Å². The normalized spacial score (nSPS) is 18.8. The molecule has 6 heteroatoms. The van der Waals surface area contributed by atoms with Gasteiger partial charge in [0.05, 0.1) is 19.4 Å². The van der Waals surface area contributed by atoms with Crippen molar-refractivity contribution in [3.05, 3.63) is 23.8 Å². The van der Waals surface area contributed by atoms with Crippen LogP contribution in [0, 0.1) is 0 Å². The standard InChI is InChI=1S/C15H19NO5/c1-4-11(15(19)20-3)16-12-6-5-10(8-17)7-13(12)21-9(2)14(16)18/h5-7,9,11,17H,4,8H2,1-3H3. The third-order valence-corrected chi connectivity index (χ3v) is 3.53. The predicted octanol–water partition coefficient (Wildman–Crippen LogP) is 1.24. The Balaban J connectivity index is 2.50. The van der Waals surface area contributed by atoms with E-state index in [0.29, 0.717) is 23.4 Å². The molecule has 1 aliphatic heterocycles. The second-order valence-electron chi connectivity index (χ2n) is 4.88. The summed E-state index contributed by atoms with van der Waals surface area (Å²) in [6, 6.07) is 4.36. The number of carbonyl (C=O) groups excluding carboxylic acids is 2. The third kappa shape index (κ3) is 2.71. The molecule has 0 aromatic heterocycles. The number of fused-ring (bicyclic) bond motifs is 1. The lowest BCUT2D eigenvalue weighted by Crippen LogP contribution is -2.52. The van der Waals surface area contributed by atoms with Gasteiger partial charge in [-0.25, -0.2) is 4.79 Å². The number of hydrogen-bond donors (Lipinski definition) is 1. The Labute approximate surface area is 123 Å². The smallest absolute Gasteiger partial charge is 0.328 e. The van der Waals surface area contributed by atoms with Crippen LogP contribution in [0.25, 0.3) is 0 Å². The van der Waals surface area contributed by atoms with Crippen LogP contribution in [0.4, 0.5) is 5.69 Å². The van der Waals surface area contributed by atoms with E-state index in [9.17, 15) is 14.7 Å². The predicted molar refractivity (Wildman–Crippen MR) is 76.0 cm³/mol. The van der Waals surface area contributed by atoms with Crippen LogP contribution in [0.1, 0.15) is 25.8 Å². The number of amides is 1. The molecule has 2 atom stereocenters. The van der Waals surface area contributed by atoms with Crippen molar-refractivity contribution >= 4 is 17.6 Å². The number of aliphatic hydroxyl groups is 1. The number of ether oxygens (including phenoxy) is 2. The summed E-state index contributed by atoms with van der Waals surface area (Å²) in [6.45, 7) is 3.33. The molecule has 1 heterocycles. The quantitative estimate of drug-likeness (QED) is 0.845. The SMILES string of the molecule is CCC(C(=O)OC)N1C(=O)C(C)Oc2cc(CO)ccc21. The molecule has 0 saturated heterocycles. The van der Waals surface area contributed by atoms with Gasteiger partial charge >= 0.3 is 5.97 Å². The average molecular weight is 293 g/mol. The van der Waals surface area contributed by atoms with Gasteiger partial charge in [0.2, 0.25) is 0 Å². The van der Waals surface area contributed by atoms with E-state index >= 15 is 0 Å². The van der Waals surface area contributed by atoms with Crippen molar-refractivity contribution in [2.24, 2.45) is 0 Å². The minimum Gasteiger partial charge on any atom is -0.479 e. The fourth-order valence-electron chi connectivity index (χ4n) is 2.42. The van der Waals surface area contributed by atoms with Gasteiger partial charge in [-0.1, -0.05) is 13.0 Å². The number of carbonyl (C=O) groups is 2. The Morgan fingerprint density at radius 1 is 1.52 bits per heavy atom. The summed E-state index contributed by atoms with van der Waals surface area (Å²) >= 11 is 0. The molecule has 1 aromatic rings. The monoisotopic (exact) mass is 293 g/mol. The van der Waals surface area contributed by atoms with Gasteiger partial charge in [0.25, 0.3) is 5.91 Å². The van der Waals surface area contributed by atoms with E-state index in [0.717, 1.165) is 0 Å². The lowest BCUT2D eigenvalue weighted by Gasteiger charge is -2.36. The lowest BCUT2D eigenvalue weighted by molar-refractivity contribution is -0.144. The molecule has 2 unspecified atom stereocenters. The molecule has 0 saturated carbocycles. The molecule has 1 amide bonds. The molecule has 0 radical (unpaired) electrons. The van der Waals surface area contributed by atoms with Gasteiger partial charge < -0.3 is 14.6 Å². The number of anilines is 1. The number of hydrogen-bond acceptors (Lipinski definition) is 5. The first-order chi connectivity index (χ1) is 10.0. The van der Waals surface area contributed by atoms with Crippen molar-refractivity contribution < 1.29 is 24.2 Å². The van der Waals surface area contributed by atoms with Crippen LogP contribution in [-0.2, 0) is 20.9 Å². The first-order valence-corrected chi connectivity index (χ1v) is 6.84. The second kappa shape index (κ2) is 6.13. The maximum Gasteiger partial charge on any atom is 0.328 e. The zero-order chi connectivity index (χ0) is 15.6. The van der Waals surface area contributed by atoms with Gasteiger partial charge in [-0.2, -0.15) is 0 Å². The van der Waals surface area contributed by atoms with Crippen molar-refractivity contribution in [1.29, 1.82) is 0 Å². The molecule has 1 N–H and O–H groups in total. The zero-order valence-corrected chi connectivity index (χ0v) is 12.3. The van der Waals surface area contributed by atoms with Crippen molar-refractivity contribution in [3.63, 3.8) is 0 Å².